The summed E-state index contributed by atoms with van der Waals surface area (Å²) in [5.41, 5.74) is 14.1. The second kappa shape index (κ2) is 34.1. The first-order valence-electron chi connectivity index (χ1n) is 33.5. The van der Waals surface area contributed by atoms with Crippen molar-refractivity contribution in [3.05, 3.63) is 381 Å². The van der Waals surface area contributed by atoms with Crippen molar-refractivity contribution in [3.63, 3.8) is 0 Å². The number of benzene rings is 14. The van der Waals surface area contributed by atoms with Gasteiger partial charge in [-0.25, -0.2) is 0 Å². The van der Waals surface area contributed by atoms with Crippen molar-refractivity contribution in [2.45, 2.75) is 0 Å². The molecule has 0 aliphatic rings. The number of thiophene rings is 1. The highest BCUT2D eigenvalue weighted by molar-refractivity contribution is 7.20. The molecule has 1 aromatic heterocycles. The van der Waals surface area contributed by atoms with Gasteiger partial charge in [-0.3, -0.25) is 14.4 Å². The van der Waals surface area contributed by atoms with Crippen LogP contribution in [-0.4, -0.2) is 15.7 Å². The van der Waals surface area contributed by atoms with E-state index in [0.717, 1.165) is 98.1 Å². The van der Waals surface area contributed by atoms with Crippen LogP contribution >= 0.6 is 80.9 Å². The Bertz CT molecular complexity index is 5440. The Hall–Kier alpha value is -11.5. The van der Waals surface area contributed by atoms with Crippen LogP contribution in [0.15, 0.2) is 347 Å². The van der Waals surface area contributed by atoms with Gasteiger partial charge in [-0.15, -0.1) is 11.3 Å². The van der Waals surface area contributed by atoms with Crippen molar-refractivity contribution in [2.24, 2.45) is 0 Å². The van der Waals surface area contributed by atoms with E-state index >= 15 is 0 Å². The second-order valence-corrected chi connectivity index (χ2v) is 27.7. The van der Waals surface area contributed by atoms with Crippen molar-refractivity contribution >= 4 is 133 Å². The highest BCUT2D eigenvalue weighted by Gasteiger charge is 2.25. The molecule has 0 amide bonds. The molecule has 0 saturated carbocycles. The fourth-order valence-corrected chi connectivity index (χ4v) is 14.2. The van der Waals surface area contributed by atoms with Crippen LogP contribution in [0, 0.1) is 0 Å². The largest absolute Gasteiger partial charge is 0.457 e. The number of rotatable bonds is 20. The SMILES string of the molecule is C=C(Cl)c1ccc(-c2sc(-c3ccc(C(=O)Cl)cc3)c(-c3ccccc3)c2-c2ccccc2)cc1.C=C(Cl)c1ccc(Oc2ccc3ccccc3c2-c2c(Oc3ccc(C(=O)Cl)cc3)ccc3ccccc23)cc1.C=C(Cl)c1ccc(Oc2cccc(Oc3ccc(C(=O)Cl)cc3)c2-c2ccccc2)cc1. The third kappa shape index (κ3) is 17.6. The predicted octanol–water partition coefficient (Wildman–Crippen LogP) is 29.4. The third-order valence-corrected chi connectivity index (χ3v) is 20.0. The normalized spacial score (nSPS) is 10.7. The third-order valence-electron chi connectivity index (χ3n) is 17.4. The van der Waals surface area contributed by atoms with Crippen molar-refractivity contribution in [1.82, 2.24) is 0 Å². The lowest BCUT2D eigenvalue weighted by molar-refractivity contribution is 0.107. The van der Waals surface area contributed by atoms with Gasteiger partial charge in [-0.1, -0.05) is 249 Å². The Morgan fingerprint density at radius 2 is 0.495 bits per heavy atom. The van der Waals surface area contributed by atoms with Gasteiger partial charge >= 0.3 is 0 Å². The molecule has 0 fully saturated rings. The zero-order valence-corrected chi connectivity index (χ0v) is 62.2. The summed E-state index contributed by atoms with van der Waals surface area (Å²) in [4.78, 5) is 36.8. The van der Waals surface area contributed by atoms with Crippen molar-refractivity contribution in [2.75, 3.05) is 0 Å². The summed E-state index contributed by atoms with van der Waals surface area (Å²) >= 11 is 36.8. The number of ether oxygens (including phenoxy) is 4. The molecule has 522 valence electrons. The van der Waals surface area contributed by atoms with E-state index < -0.39 is 15.7 Å². The van der Waals surface area contributed by atoms with Crippen LogP contribution < -0.4 is 18.9 Å². The Balaban J connectivity index is 0.000000143. The number of hydrogen-bond donors (Lipinski definition) is 0. The highest BCUT2D eigenvalue weighted by Crippen LogP contribution is 2.53. The Kier molecular flexibility index (Phi) is 23.5. The van der Waals surface area contributed by atoms with E-state index in [1.54, 1.807) is 72.0 Å². The van der Waals surface area contributed by atoms with Crippen LogP contribution in [0.1, 0.15) is 47.8 Å². The molecule has 0 saturated heterocycles. The quantitative estimate of drug-likeness (QED) is 0.0703. The first-order valence-corrected chi connectivity index (χ1v) is 36.6. The zero-order chi connectivity index (χ0) is 74.5. The molecule has 0 aliphatic carbocycles. The summed E-state index contributed by atoms with van der Waals surface area (Å²) in [7, 11) is 0. The predicted molar refractivity (Wildman–Crippen MR) is 446 cm³/mol. The highest BCUT2D eigenvalue weighted by atomic mass is 35.5. The lowest BCUT2D eigenvalue weighted by Crippen LogP contribution is -1.95. The molecular formula is C93H60Cl6O7S. The molecule has 0 radical (unpaired) electrons. The summed E-state index contributed by atoms with van der Waals surface area (Å²) < 4.78 is 25.4. The number of halogens is 6. The van der Waals surface area contributed by atoms with Gasteiger partial charge in [0.1, 0.15) is 46.0 Å². The van der Waals surface area contributed by atoms with E-state index in [9.17, 15) is 14.4 Å². The molecule has 15 aromatic rings. The van der Waals surface area contributed by atoms with Crippen molar-refractivity contribution < 1.29 is 33.3 Å². The lowest BCUT2D eigenvalue weighted by atomic mass is 9.91. The van der Waals surface area contributed by atoms with Crippen molar-refractivity contribution in [1.29, 1.82) is 0 Å². The summed E-state index contributed by atoms with van der Waals surface area (Å²) in [6.45, 7) is 11.4. The topological polar surface area (TPSA) is 88.1 Å². The van der Waals surface area contributed by atoms with Crippen LogP contribution in [0.2, 0.25) is 0 Å². The zero-order valence-electron chi connectivity index (χ0n) is 56.8. The summed E-state index contributed by atoms with van der Waals surface area (Å²) in [5, 5.41) is 4.15. The molecule has 0 unspecified atom stereocenters. The van der Waals surface area contributed by atoms with Crippen LogP contribution in [0.25, 0.3) is 102 Å². The molecule has 0 spiro atoms. The minimum atomic E-state index is -0.515. The summed E-state index contributed by atoms with van der Waals surface area (Å²) in [6, 6.07) is 105. The number of fused-ring (bicyclic) bond motifs is 2. The minimum Gasteiger partial charge on any atom is -0.457 e. The number of hydrogen-bond acceptors (Lipinski definition) is 8. The van der Waals surface area contributed by atoms with Gasteiger partial charge in [0.05, 0.1) is 5.56 Å². The molecule has 0 aliphatic heterocycles. The maximum absolute atomic E-state index is 11.6. The Morgan fingerprint density at radius 1 is 0.234 bits per heavy atom. The second-order valence-electron chi connectivity index (χ2n) is 24.3. The van der Waals surface area contributed by atoms with E-state index in [0.29, 0.717) is 77.8 Å². The maximum atomic E-state index is 11.6. The van der Waals surface area contributed by atoms with Gasteiger partial charge in [-0.2, -0.15) is 0 Å². The molecule has 0 N–H and O–H groups in total. The smallest absolute Gasteiger partial charge is 0.252 e. The van der Waals surface area contributed by atoms with Crippen LogP contribution in [-0.2, 0) is 0 Å². The van der Waals surface area contributed by atoms with E-state index in [-0.39, 0.29) is 0 Å². The molecule has 15 rings (SSSR count). The van der Waals surface area contributed by atoms with E-state index in [2.05, 4.69) is 111 Å². The fraction of sp³-hybridized carbons (Fsp3) is 0. The average Bonchev–Trinajstić information content (AvgIpc) is 1.72. The molecule has 14 aromatic carbocycles. The van der Waals surface area contributed by atoms with Gasteiger partial charge in [0.2, 0.25) is 0 Å². The van der Waals surface area contributed by atoms with E-state index in [1.165, 1.54) is 5.56 Å². The van der Waals surface area contributed by atoms with Crippen molar-refractivity contribution in [3.8, 4) is 111 Å². The Morgan fingerprint density at radius 3 is 0.804 bits per heavy atom. The van der Waals surface area contributed by atoms with Gasteiger partial charge < -0.3 is 18.9 Å². The van der Waals surface area contributed by atoms with Gasteiger partial charge in [-0.05, 0) is 234 Å². The van der Waals surface area contributed by atoms with E-state index in [1.807, 2.05) is 176 Å². The number of carbonyl (C=O) groups is 3. The standard InChI is InChI=1S/C35H22Cl2O3.C31H20Cl2OS.C27H18Cl2O3/c1-22(36)23-10-16-27(17-11-23)39-31-20-14-24-6-2-4-8-29(24)33(31)34-30-9-5-3-7-25(30)15-21-32(34)40-28-18-12-26(13-19-28)35(37)38;1-20(32)21-12-14-24(15-13-21)29-27(22-8-4-2-5-9-22)28(23-10-6-3-7-11-23)30(35-29)25-16-18-26(19-17-25)31(33)34;1-18(28)19-10-14-22(15-11-19)31-24-8-5-9-25(26(24)20-6-3-2-4-7-20)32-23-16-12-21(13-17-23)27(29)30/h2-21H,1H2;2-19H,1H2;2-17H,1H2. The lowest BCUT2D eigenvalue weighted by Gasteiger charge is -2.19. The Labute approximate surface area is 653 Å². The van der Waals surface area contributed by atoms with Gasteiger partial charge in [0.15, 0.2) is 0 Å². The molecule has 14 heteroatoms. The first kappa shape index (κ1) is 73.8. The monoisotopic (exact) mass is 1530 g/mol. The van der Waals surface area contributed by atoms with Crippen LogP contribution in [0.5, 0.6) is 46.0 Å². The molecule has 0 atom stereocenters. The number of carbonyl (C=O) groups excluding carboxylic acids is 3. The minimum absolute atomic E-state index is 0.404. The van der Waals surface area contributed by atoms with E-state index in [4.69, 9.17) is 88.6 Å². The molecular weight excluding hydrogens is 1470 g/mol. The maximum Gasteiger partial charge on any atom is 0.252 e. The molecule has 0 bridgehead atoms. The summed E-state index contributed by atoms with van der Waals surface area (Å²) in [5.74, 6) is 5.07. The fourth-order valence-electron chi connectivity index (χ4n) is 12.1. The molecule has 7 nitrogen and oxygen atoms in total. The van der Waals surface area contributed by atoms with Gasteiger partial charge in [0.25, 0.3) is 15.7 Å². The average molecular weight is 1530 g/mol. The molecule has 107 heavy (non-hydrogen) atoms. The van der Waals surface area contributed by atoms with Crippen LogP contribution in [0.3, 0.4) is 0 Å². The van der Waals surface area contributed by atoms with Crippen LogP contribution in [0.4, 0.5) is 0 Å². The first-order chi connectivity index (χ1) is 52.0. The molecule has 1 heterocycles. The van der Waals surface area contributed by atoms with Gasteiger partial charge in [0, 0.05) is 63.8 Å². The summed E-state index contributed by atoms with van der Waals surface area (Å²) in [6.07, 6.45) is 0.